The van der Waals surface area contributed by atoms with Gasteiger partial charge in [0, 0.05) is 38.8 Å². The van der Waals surface area contributed by atoms with Gasteiger partial charge >= 0.3 is 0 Å². The molecule has 0 atom stereocenters. The second-order valence-corrected chi connectivity index (χ2v) is 7.57. The van der Waals surface area contributed by atoms with E-state index in [0.29, 0.717) is 6.04 Å². The lowest BCUT2D eigenvalue weighted by Gasteiger charge is -2.33. The number of anilines is 1. The lowest BCUT2D eigenvalue weighted by Crippen LogP contribution is -2.49. The summed E-state index contributed by atoms with van der Waals surface area (Å²) in [6.07, 6.45) is 4.41. The fourth-order valence-electron chi connectivity index (χ4n) is 3.42. The van der Waals surface area contributed by atoms with Crippen LogP contribution in [0.2, 0.25) is 0 Å². The van der Waals surface area contributed by atoms with E-state index in [4.69, 9.17) is 0 Å². The van der Waals surface area contributed by atoms with Crippen LogP contribution in [0.1, 0.15) is 32.6 Å². The number of nitrogens with one attached hydrogen (secondary N) is 2. The molecule has 3 rings (SSSR count). The molecule has 1 aromatic heterocycles. The van der Waals surface area contributed by atoms with E-state index in [1.165, 1.54) is 5.00 Å². The van der Waals surface area contributed by atoms with Crippen LogP contribution in [-0.2, 0) is 4.79 Å². The smallest absolute Gasteiger partial charge is 0.244 e. The molecule has 2 N–H and O–H groups in total. The molecule has 0 bridgehead atoms. The van der Waals surface area contributed by atoms with Crippen LogP contribution >= 0.6 is 11.3 Å². The van der Waals surface area contributed by atoms with Crippen molar-refractivity contribution in [2.45, 2.75) is 38.6 Å². The van der Waals surface area contributed by atoms with Crippen molar-refractivity contribution < 1.29 is 4.79 Å². The van der Waals surface area contributed by atoms with Crippen molar-refractivity contribution in [3.63, 3.8) is 0 Å². The molecule has 3 heterocycles. The van der Waals surface area contributed by atoms with E-state index in [-0.39, 0.29) is 12.5 Å². The number of likely N-dealkylation sites (tertiary alicyclic amines) is 1. The van der Waals surface area contributed by atoms with E-state index in [1.807, 2.05) is 4.90 Å². The molecular formula is C18H29N5OS. The molecule has 1 amide bonds. The zero-order chi connectivity index (χ0) is 17.5. The summed E-state index contributed by atoms with van der Waals surface area (Å²) >= 11 is 1.80. The molecule has 25 heavy (non-hydrogen) atoms. The minimum atomic E-state index is 0.141. The molecule has 2 aliphatic rings. The molecule has 0 saturated carbocycles. The Kier molecular flexibility index (Phi) is 6.55. The highest BCUT2D eigenvalue weighted by molar-refractivity contribution is 7.14. The van der Waals surface area contributed by atoms with Crippen LogP contribution in [0.15, 0.2) is 22.5 Å². The zero-order valence-electron chi connectivity index (χ0n) is 15.0. The Balaban J connectivity index is 1.48. The SMILES string of the molecule is CCNC(=NCC(=O)N1CCCC1)NC1CCN(c2cccs2)CC1. The Hall–Kier alpha value is -1.76. The van der Waals surface area contributed by atoms with Crippen molar-refractivity contribution in [2.24, 2.45) is 4.99 Å². The number of nitrogens with zero attached hydrogens (tertiary/aromatic N) is 3. The second-order valence-electron chi connectivity index (χ2n) is 6.64. The minimum Gasteiger partial charge on any atom is -0.363 e. The van der Waals surface area contributed by atoms with Gasteiger partial charge in [0.2, 0.25) is 5.91 Å². The first kappa shape index (κ1) is 18.0. The number of piperidine rings is 1. The Morgan fingerprint density at radius 1 is 1.28 bits per heavy atom. The molecule has 0 spiro atoms. The molecular weight excluding hydrogens is 334 g/mol. The average Bonchev–Trinajstić information content (AvgIpc) is 3.33. The largest absolute Gasteiger partial charge is 0.363 e. The summed E-state index contributed by atoms with van der Waals surface area (Å²) in [6.45, 7) is 6.99. The summed E-state index contributed by atoms with van der Waals surface area (Å²) in [5, 5.41) is 10.3. The molecule has 0 aliphatic carbocycles. The van der Waals surface area contributed by atoms with Gasteiger partial charge in [-0.25, -0.2) is 4.99 Å². The number of thiophene rings is 1. The van der Waals surface area contributed by atoms with Gasteiger partial charge in [-0.15, -0.1) is 11.3 Å². The summed E-state index contributed by atoms with van der Waals surface area (Å²) in [5.74, 6) is 0.909. The molecule has 0 aromatic carbocycles. The Morgan fingerprint density at radius 2 is 2.04 bits per heavy atom. The lowest BCUT2D eigenvalue weighted by atomic mass is 10.1. The van der Waals surface area contributed by atoms with E-state index in [9.17, 15) is 4.79 Å². The Morgan fingerprint density at radius 3 is 2.68 bits per heavy atom. The number of carbonyl (C=O) groups is 1. The minimum absolute atomic E-state index is 0.141. The number of aliphatic imine (C=N–C) groups is 1. The van der Waals surface area contributed by atoms with E-state index in [0.717, 1.165) is 64.4 Å². The molecule has 1 aromatic rings. The number of guanidine groups is 1. The van der Waals surface area contributed by atoms with Crippen molar-refractivity contribution in [2.75, 3.05) is 44.2 Å². The van der Waals surface area contributed by atoms with E-state index in [1.54, 1.807) is 11.3 Å². The zero-order valence-corrected chi connectivity index (χ0v) is 15.9. The highest BCUT2D eigenvalue weighted by Gasteiger charge is 2.21. The number of amides is 1. The summed E-state index contributed by atoms with van der Waals surface area (Å²) in [5.41, 5.74) is 0. The Labute approximate surface area is 154 Å². The molecule has 2 fully saturated rings. The third-order valence-corrected chi connectivity index (χ3v) is 5.76. The second kappa shape index (κ2) is 9.08. The first-order valence-electron chi connectivity index (χ1n) is 9.37. The van der Waals surface area contributed by atoms with Crippen LogP contribution in [0.3, 0.4) is 0 Å². The normalized spacial score (nSPS) is 19.3. The maximum absolute atomic E-state index is 12.2. The van der Waals surface area contributed by atoms with Crippen LogP contribution in [0.25, 0.3) is 0 Å². The molecule has 2 saturated heterocycles. The molecule has 6 nitrogen and oxygen atoms in total. The summed E-state index contributed by atoms with van der Waals surface area (Å²) in [6, 6.07) is 4.71. The van der Waals surface area contributed by atoms with E-state index < -0.39 is 0 Å². The third kappa shape index (κ3) is 5.11. The number of carbonyl (C=O) groups excluding carboxylic acids is 1. The fourth-order valence-corrected chi connectivity index (χ4v) is 4.21. The molecule has 138 valence electrons. The predicted octanol–water partition coefficient (Wildman–Crippen LogP) is 1.89. The molecule has 0 unspecified atom stereocenters. The third-order valence-electron chi connectivity index (χ3n) is 4.83. The summed E-state index contributed by atoms with van der Waals surface area (Å²) in [7, 11) is 0. The summed E-state index contributed by atoms with van der Waals surface area (Å²) < 4.78 is 0. The van der Waals surface area contributed by atoms with Gasteiger partial charge in [0.25, 0.3) is 0 Å². The molecule has 7 heteroatoms. The number of rotatable bonds is 5. The average molecular weight is 364 g/mol. The van der Waals surface area contributed by atoms with Crippen LogP contribution in [0.4, 0.5) is 5.00 Å². The maximum Gasteiger partial charge on any atom is 0.244 e. The van der Waals surface area contributed by atoms with Crippen LogP contribution in [-0.4, -0.2) is 62.1 Å². The standard InChI is InChI=1S/C18H29N5OS/c1-2-19-18(20-14-16(24)22-9-3-4-10-22)21-15-7-11-23(12-8-15)17-6-5-13-25-17/h5-6,13,15H,2-4,7-12,14H2,1H3,(H2,19,20,21). The summed E-state index contributed by atoms with van der Waals surface area (Å²) in [4.78, 5) is 21.1. The highest BCUT2D eigenvalue weighted by atomic mass is 32.1. The number of hydrogen-bond acceptors (Lipinski definition) is 4. The van der Waals surface area contributed by atoms with Gasteiger partial charge < -0.3 is 20.4 Å². The van der Waals surface area contributed by atoms with Crippen molar-refractivity contribution in [3.05, 3.63) is 17.5 Å². The molecule has 2 aliphatic heterocycles. The van der Waals surface area contributed by atoms with Gasteiger partial charge in [0.1, 0.15) is 6.54 Å². The first-order chi connectivity index (χ1) is 12.3. The van der Waals surface area contributed by atoms with Gasteiger partial charge in [-0.2, -0.15) is 0 Å². The van der Waals surface area contributed by atoms with Crippen molar-refractivity contribution in [3.8, 4) is 0 Å². The fraction of sp³-hybridized carbons (Fsp3) is 0.667. The van der Waals surface area contributed by atoms with Crippen molar-refractivity contribution in [1.29, 1.82) is 0 Å². The monoisotopic (exact) mass is 363 g/mol. The van der Waals surface area contributed by atoms with Crippen molar-refractivity contribution in [1.82, 2.24) is 15.5 Å². The van der Waals surface area contributed by atoms with E-state index >= 15 is 0 Å². The number of hydrogen-bond donors (Lipinski definition) is 2. The van der Waals surface area contributed by atoms with E-state index in [2.05, 4.69) is 45.0 Å². The highest BCUT2D eigenvalue weighted by Crippen LogP contribution is 2.24. The van der Waals surface area contributed by atoms with Crippen LogP contribution in [0, 0.1) is 0 Å². The Bertz CT molecular complexity index is 560. The predicted molar refractivity (Wildman–Crippen MR) is 104 cm³/mol. The lowest BCUT2D eigenvalue weighted by molar-refractivity contribution is -0.128. The van der Waals surface area contributed by atoms with Crippen LogP contribution < -0.4 is 15.5 Å². The van der Waals surface area contributed by atoms with Crippen LogP contribution in [0.5, 0.6) is 0 Å². The van der Waals surface area contributed by atoms with Gasteiger partial charge in [-0.3, -0.25) is 4.79 Å². The topological polar surface area (TPSA) is 60.0 Å². The maximum atomic E-state index is 12.2. The van der Waals surface area contributed by atoms with Gasteiger partial charge in [-0.1, -0.05) is 0 Å². The van der Waals surface area contributed by atoms with Gasteiger partial charge in [0.05, 0.1) is 5.00 Å². The quantitative estimate of drug-likeness (QED) is 0.620. The van der Waals surface area contributed by atoms with Gasteiger partial charge in [-0.05, 0) is 50.1 Å². The molecule has 0 radical (unpaired) electrons. The van der Waals surface area contributed by atoms with Gasteiger partial charge in [0.15, 0.2) is 5.96 Å². The van der Waals surface area contributed by atoms with Crippen molar-refractivity contribution >= 4 is 28.2 Å². The first-order valence-corrected chi connectivity index (χ1v) is 10.3.